The van der Waals surface area contributed by atoms with E-state index in [2.05, 4.69) is 20.3 Å². The number of hydrazine groups is 1. The summed E-state index contributed by atoms with van der Waals surface area (Å²) in [6.07, 6.45) is -0.839. The first-order valence-corrected chi connectivity index (χ1v) is 12.0. The van der Waals surface area contributed by atoms with Crippen molar-refractivity contribution in [3.05, 3.63) is 35.0 Å². The van der Waals surface area contributed by atoms with Crippen molar-refractivity contribution in [2.45, 2.75) is 45.1 Å². The summed E-state index contributed by atoms with van der Waals surface area (Å²) in [4.78, 5) is 31.0. The molecule has 0 bridgehead atoms. The van der Waals surface area contributed by atoms with Crippen LogP contribution in [0, 0.1) is 17.2 Å². The van der Waals surface area contributed by atoms with Gasteiger partial charge < -0.3 is 29.7 Å². The third kappa shape index (κ3) is 5.38. The van der Waals surface area contributed by atoms with E-state index in [9.17, 15) is 19.9 Å². The molecule has 186 valence electrons. The zero-order valence-electron chi connectivity index (χ0n) is 19.7. The molecule has 3 heterocycles. The van der Waals surface area contributed by atoms with Gasteiger partial charge in [-0.2, -0.15) is 0 Å². The van der Waals surface area contributed by atoms with Crippen LogP contribution in [0.5, 0.6) is 0 Å². The molecule has 0 unspecified atom stereocenters. The summed E-state index contributed by atoms with van der Waals surface area (Å²) in [5.74, 6) is 0.296. The lowest BCUT2D eigenvalue weighted by Crippen LogP contribution is -2.51. The van der Waals surface area contributed by atoms with Crippen molar-refractivity contribution < 1.29 is 24.6 Å². The molecule has 2 atom stereocenters. The Balaban J connectivity index is 1.16. The number of imidazole rings is 1. The largest absolute Gasteiger partial charge is 0.378 e. The second kappa shape index (κ2) is 10.8. The number of rotatable bonds is 10. The minimum Gasteiger partial charge on any atom is -0.378 e. The van der Waals surface area contributed by atoms with Gasteiger partial charge in [0.1, 0.15) is 5.82 Å². The molecule has 2 aliphatic rings. The number of nitrogens with zero attached hydrogens (tertiary/aromatic N) is 4. The van der Waals surface area contributed by atoms with Gasteiger partial charge in [-0.05, 0) is 56.8 Å². The summed E-state index contributed by atoms with van der Waals surface area (Å²) in [6.45, 7) is 6.29. The number of piperidine rings is 1. The number of nitroso groups, excluding NO2 is 1. The van der Waals surface area contributed by atoms with Gasteiger partial charge in [-0.25, -0.2) is 4.98 Å². The average molecular weight is 476 g/mol. The number of para-hydroxylation sites is 2. The zero-order valence-corrected chi connectivity index (χ0v) is 19.7. The van der Waals surface area contributed by atoms with Crippen molar-refractivity contribution in [2.75, 3.05) is 45.9 Å². The predicted octanol–water partition coefficient (Wildman–Crippen LogP) is -0.0738. The number of carbonyl (C=O) groups is 1. The van der Waals surface area contributed by atoms with Crippen molar-refractivity contribution in [1.82, 2.24) is 25.2 Å². The number of nitrogens with one attached hydrogen (secondary N) is 2. The maximum atomic E-state index is 12.6. The molecule has 2 aromatic rings. The average Bonchev–Trinajstić information content (AvgIpc) is 3.40. The van der Waals surface area contributed by atoms with Gasteiger partial charge in [0.15, 0.2) is 4.87 Å². The second-order valence-corrected chi connectivity index (χ2v) is 9.26. The van der Waals surface area contributed by atoms with Crippen molar-refractivity contribution in [3.63, 3.8) is 0 Å². The van der Waals surface area contributed by atoms with Crippen LogP contribution in [-0.2, 0) is 16.1 Å². The van der Waals surface area contributed by atoms with E-state index in [1.165, 1.54) is 0 Å². The number of amides is 1. The Labute approximate surface area is 198 Å². The Hall–Kier alpha value is -2.60. The number of aromatic nitrogens is 2. The summed E-state index contributed by atoms with van der Waals surface area (Å²) in [7, 11) is 0. The highest BCUT2D eigenvalue weighted by Gasteiger charge is 2.45. The van der Waals surface area contributed by atoms with Gasteiger partial charge >= 0.3 is 6.23 Å². The molecule has 11 heteroatoms. The van der Waals surface area contributed by atoms with Gasteiger partial charge in [0.25, 0.3) is 5.91 Å². The Morgan fingerprint density at radius 1 is 1.26 bits per heavy atom. The summed E-state index contributed by atoms with van der Waals surface area (Å²) < 4.78 is 7.66. The summed E-state index contributed by atoms with van der Waals surface area (Å²) in [5.41, 5.74) is 4.50. The molecule has 2 saturated heterocycles. The lowest BCUT2D eigenvalue weighted by atomic mass is 9.78. The molecule has 0 radical (unpaired) electrons. The minimum atomic E-state index is -1.89. The number of fused-ring (bicyclic) bond motifs is 1. The van der Waals surface area contributed by atoms with E-state index in [0.717, 1.165) is 49.2 Å². The molecule has 1 aromatic heterocycles. The first kappa shape index (κ1) is 24.5. The Kier molecular flexibility index (Phi) is 7.77. The molecular weight excluding hydrogens is 440 g/mol. The molecule has 1 amide bonds. The number of carbonyl (C=O) groups excluding carboxylic acids is 1. The van der Waals surface area contributed by atoms with Crippen molar-refractivity contribution in [1.29, 1.82) is 0 Å². The van der Waals surface area contributed by atoms with Gasteiger partial charge in [0, 0.05) is 19.6 Å². The number of likely N-dealkylation sites (tertiary alicyclic amines) is 1. The van der Waals surface area contributed by atoms with Crippen molar-refractivity contribution in [2.24, 2.45) is 5.41 Å². The Bertz CT molecular complexity index is 1000. The molecule has 4 N–H and O–H groups in total. The van der Waals surface area contributed by atoms with Gasteiger partial charge in [-0.1, -0.05) is 12.1 Å². The molecule has 4 rings (SSSR count). The quantitative estimate of drug-likeness (QED) is 0.162. The van der Waals surface area contributed by atoms with Crippen LogP contribution < -0.4 is 10.7 Å². The molecule has 1 aromatic carbocycles. The normalized spacial score (nSPS) is 19.4. The SMILES string of the molecule is Cc1nc2ccccc2n1CCOCCN[N+](=O)[C@H](O)[C@@H](O)C(=O)N1CCC2(CCNCC2)C1. The minimum absolute atomic E-state index is 0.0832. The van der Waals surface area contributed by atoms with Crippen LogP contribution >= 0.6 is 0 Å². The number of aliphatic hydroxyl groups is 2. The Morgan fingerprint density at radius 2 is 2.03 bits per heavy atom. The fourth-order valence-electron chi connectivity index (χ4n) is 4.99. The fraction of sp³-hybridized carbons (Fsp3) is 0.652. The molecule has 11 nitrogen and oxygen atoms in total. The van der Waals surface area contributed by atoms with Crippen molar-refractivity contribution >= 4 is 16.9 Å². The van der Waals surface area contributed by atoms with Crippen LogP contribution in [0.15, 0.2) is 24.3 Å². The smallest absolute Gasteiger partial charge is 0.369 e. The third-order valence-electron chi connectivity index (χ3n) is 7.01. The molecule has 2 aliphatic heterocycles. The van der Waals surface area contributed by atoms with Crippen LogP contribution in [0.3, 0.4) is 0 Å². The number of hydrogen-bond acceptors (Lipinski definition) is 7. The van der Waals surface area contributed by atoms with Gasteiger partial charge in [-0.3, -0.25) is 4.79 Å². The van der Waals surface area contributed by atoms with E-state index in [1.807, 2.05) is 31.2 Å². The lowest BCUT2D eigenvalue weighted by molar-refractivity contribution is -0.682. The molecule has 34 heavy (non-hydrogen) atoms. The monoisotopic (exact) mass is 475 g/mol. The molecule has 0 saturated carbocycles. The van der Waals surface area contributed by atoms with E-state index in [-0.39, 0.29) is 23.4 Å². The number of ether oxygens (including phenoxy) is 1. The molecule has 2 fully saturated rings. The van der Waals surface area contributed by atoms with Crippen LogP contribution in [0.1, 0.15) is 25.1 Å². The van der Waals surface area contributed by atoms with Crippen LogP contribution in [-0.4, -0.2) is 93.7 Å². The number of hydrogen-bond donors (Lipinski definition) is 4. The Morgan fingerprint density at radius 3 is 2.82 bits per heavy atom. The highest BCUT2D eigenvalue weighted by Crippen LogP contribution is 2.38. The zero-order chi connectivity index (χ0) is 24.1. The van der Waals surface area contributed by atoms with E-state index in [4.69, 9.17) is 4.74 Å². The van der Waals surface area contributed by atoms with E-state index in [1.54, 1.807) is 4.90 Å². The van der Waals surface area contributed by atoms with Crippen LogP contribution in [0.4, 0.5) is 0 Å². The lowest BCUT2D eigenvalue weighted by Gasteiger charge is -2.33. The molecular formula is C23H35N6O5+. The molecule has 1 spiro atoms. The highest BCUT2D eigenvalue weighted by molar-refractivity contribution is 5.81. The maximum absolute atomic E-state index is 12.6. The predicted molar refractivity (Wildman–Crippen MR) is 125 cm³/mol. The fourth-order valence-corrected chi connectivity index (χ4v) is 4.99. The van der Waals surface area contributed by atoms with Crippen molar-refractivity contribution in [3.8, 4) is 0 Å². The summed E-state index contributed by atoms with van der Waals surface area (Å²) in [6, 6.07) is 7.89. The van der Waals surface area contributed by atoms with E-state index < -0.39 is 18.2 Å². The van der Waals surface area contributed by atoms with Gasteiger partial charge in [0.05, 0.1) is 35.7 Å². The first-order valence-electron chi connectivity index (χ1n) is 12.0. The number of aliphatic hydroxyl groups excluding tert-OH is 2. The first-order chi connectivity index (χ1) is 16.4. The van der Waals surface area contributed by atoms with Crippen LogP contribution in [0.25, 0.3) is 11.0 Å². The van der Waals surface area contributed by atoms with E-state index >= 15 is 0 Å². The van der Waals surface area contributed by atoms with Gasteiger partial charge in [-0.15, -0.1) is 5.43 Å². The number of aryl methyl sites for hydroxylation is 1. The standard InChI is InChI=1S/C23H35N6O5/c1-17-26-18-4-2-3-5-19(18)28(17)13-15-34-14-11-25-29(33)22(32)20(30)21(31)27-12-8-23(16-27)6-9-24-10-7-23/h2-5,20,22,24,30,32H,6-16H2,1H3,(H,25,33)/q+1/t20-,22+/m0/s1. The van der Waals surface area contributed by atoms with Crippen LogP contribution in [0.2, 0.25) is 0 Å². The maximum Gasteiger partial charge on any atom is 0.369 e. The summed E-state index contributed by atoms with van der Waals surface area (Å²) in [5, 5.41) is 23.8. The van der Waals surface area contributed by atoms with E-state index in [0.29, 0.717) is 26.2 Å². The topological polar surface area (TPSA) is 132 Å². The molecule has 0 aliphatic carbocycles. The van der Waals surface area contributed by atoms with Gasteiger partial charge in [0.2, 0.25) is 6.10 Å². The summed E-state index contributed by atoms with van der Waals surface area (Å²) >= 11 is 0. The third-order valence-corrected chi connectivity index (χ3v) is 7.01. The second-order valence-electron chi connectivity index (χ2n) is 9.26. The number of benzene rings is 1. The highest BCUT2D eigenvalue weighted by atomic mass is 16.5.